The summed E-state index contributed by atoms with van der Waals surface area (Å²) in [6.07, 6.45) is 5.29. The number of fused-ring (bicyclic) bond motifs is 2. The molecule has 3 atom stereocenters. The minimum atomic E-state index is -3.33. The van der Waals surface area contributed by atoms with Crippen molar-refractivity contribution >= 4 is 9.84 Å². The molecule has 0 amide bonds. The molecule has 0 N–H and O–H groups in total. The van der Waals surface area contributed by atoms with Crippen molar-refractivity contribution in [3.63, 3.8) is 0 Å². The van der Waals surface area contributed by atoms with E-state index in [1.807, 2.05) is 6.08 Å². The molecule has 1 saturated carbocycles. The molecule has 2 aliphatic carbocycles. The Morgan fingerprint density at radius 3 is 2.47 bits per heavy atom. The van der Waals surface area contributed by atoms with Crippen LogP contribution < -0.4 is 0 Å². The number of rotatable bonds is 2. The zero-order valence-corrected chi connectivity index (χ0v) is 9.79. The Hall–Kier alpha value is -0.820. The summed E-state index contributed by atoms with van der Waals surface area (Å²) in [6, 6.07) is 2.09. The average molecular weight is 225 g/mol. The van der Waals surface area contributed by atoms with Gasteiger partial charge in [-0.15, -0.1) is 0 Å². The first-order chi connectivity index (χ1) is 6.94. The number of nitrogens with zero attached hydrogens (tertiary/aromatic N) is 1. The maximum Gasteiger partial charge on any atom is 0.172 e. The first-order valence-electron chi connectivity index (χ1n) is 5.27. The third-order valence-corrected chi connectivity index (χ3v) is 6.47. The van der Waals surface area contributed by atoms with E-state index in [9.17, 15) is 13.7 Å². The lowest BCUT2D eigenvalue weighted by Crippen LogP contribution is -2.44. The Balaban J connectivity index is 2.51. The van der Waals surface area contributed by atoms with Gasteiger partial charge in [0.1, 0.15) is 0 Å². The van der Waals surface area contributed by atoms with E-state index < -0.39 is 19.8 Å². The van der Waals surface area contributed by atoms with Crippen LogP contribution in [0, 0.1) is 23.2 Å². The normalized spacial score (nSPS) is 38.5. The Bertz CT molecular complexity index is 444. The standard InChI is InChI=1S/C11H15NO2S/c1-8(2)15(13,14)11(7-12)6-9-3-4-10(11)5-9/h3-4,8-10H,5-6H2,1-2H3/t9-,10+,11-/m1/s1. The average Bonchev–Trinajstić information content (AvgIpc) is 2.76. The number of sulfone groups is 1. The number of hydrogen-bond acceptors (Lipinski definition) is 3. The lowest BCUT2D eigenvalue weighted by atomic mass is 9.94. The fourth-order valence-corrected chi connectivity index (χ4v) is 4.76. The molecule has 0 aromatic carbocycles. The quantitative estimate of drug-likeness (QED) is 0.672. The highest BCUT2D eigenvalue weighted by molar-refractivity contribution is 7.93. The SMILES string of the molecule is CC(C)S(=O)(=O)[C@@]1(C#N)C[C@@H]2C=C[C@H]1C2. The maximum absolute atomic E-state index is 12.2. The third-order valence-electron chi connectivity index (χ3n) is 3.65. The van der Waals surface area contributed by atoms with Gasteiger partial charge < -0.3 is 0 Å². The van der Waals surface area contributed by atoms with Crippen LogP contribution in [0.4, 0.5) is 0 Å². The number of nitriles is 1. The summed E-state index contributed by atoms with van der Waals surface area (Å²) < 4.78 is 23.3. The smallest absolute Gasteiger partial charge is 0.172 e. The molecule has 0 saturated heterocycles. The third kappa shape index (κ3) is 1.19. The van der Waals surface area contributed by atoms with E-state index in [0.29, 0.717) is 12.3 Å². The minimum Gasteiger partial charge on any atom is -0.227 e. The molecule has 0 aromatic heterocycles. The van der Waals surface area contributed by atoms with Crippen LogP contribution in [0.15, 0.2) is 12.2 Å². The van der Waals surface area contributed by atoms with E-state index >= 15 is 0 Å². The Labute approximate surface area is 90.7 Å². The highest BCUT2D eigenvalue weighted by Crippen LogP contribution is 2.51. The van der Waals surface area contributed by atoms with Crippen molar-refractivity contribution in [2.24, 2.45) is 11.8 Å². The Kier molecular flexibility index (Phi) is 2.20. The summed E-state index contributed by atoms with van der Waals surface area (Å²) in [6.45, 7) is 3.31. The van der Waals surface area contributed by atoms with Gasteiger partial charge in [-0.05, 0) is 32.6 Å². The van der Waals surface area contributed by atoms with Crippen LogP contribution in [-0.2, 0) is 9.84 Å². The van der Waals surface area contributed by atoms with Gasteiger partial charge in [-0.2, -0.15) is 5.26 Å². The number of allylic oxidation sites excluding steroid dienone is 2. The van der Waals surface area contributed by atoms with Crippen LogP contribution in [-0.4, -0.2) is 18.4 Å². The van der Waals surface area contributed by atoms with E-state index in [1.54, 1.807) is 13.8 Å². The van der Waals surface area contributed by atoms with Gasteiger partial charge in [0.15, 0.2) is 14.6 Å². The van der Waals surface area contributed by atoms with Crippen LogP contribution in [0.25, 0.3) is 0 Å². The lowest BCUT2D eigenvalue weighted by molar-refractivity contribution is 0.510. The molecule has 0 heterocycles. The van der Waals surface area contributed by atoms with Crippen LogP contribution in [0.1, 0.15) is 26.7 Å². The van der Waals surface area contributed by atoms with Crippen molar-refractivity contribution in [3.05, 3.63) is 12.2 Å². The molecule has 2 bridgehead atoms. The molecule has 0 aliphatic heterocycles. The Morgan fingerprint density at radius 2 is 2.13 bits per heavy atom. The summed E-state index contributed by atoms with van der Waals surface area (Å²) in [5, 5.41) is 8.79. The first-order valence-corrected chi connectivity index (χ1v) is 6.81. The van der Waals surface area contributed by atoms with Gasteiger partial charge >= 0.3 is 0 Å². The zero-order chi connectivity index (χ0) is 11.3. The zero-order valence-electron chi connectivity index (χ0n) is 8.97. The van der Waals surface area contributed by atoms with Gasteiger partial charge in [0.25, 0.3) is 0 Å². The molecular weight excluding hydrogens is 210 g/mol. The van der Waals surface area contributed by atoms with Crippen molar-refractivity contribution in [1.29, 1.82) is 5.26 Å². The lowest BCUT2D eigenvalue weighted by Gasteiger charge is -2.29. The predicted molar refractivity (Wildman–Crippen MR) is 57.8 cm³/mol. The molecule has 2 aliphatic rings. The second-order valence-corrected chi connectivity index (χ2v) is 7.55. The summed E-state index contributed by atoms with van der Waals surface area (Å²) in [4.78, 5) is 0. The van der Waals surface area contributed by atoms with Crippen LogP contribution in [0.2, 0.25) is 0 Å². The number of hydrogen-bond donors (Lipinski definition) is 0. The first kappa shape index (κ1) is 10.7. The molecule has 2 rings (SSSR count). The molecule has 3 nitrogen and oxygen atoms in total. The molecular formula is C11H15NO2S. The topological polar surface area (TPSA) is 57.9 Å². The van der Waals surface area contributed by atoms with Gasteiger partial charge in [0.05, 0.1) is 11.3 Å². The van der Waals surface area contributed by atoms with E-state index in [-0.39, 0.29) is 5.92 Å². The summed E-state index contributed by atoms with van der Waals surface area (Å²) in [5.74, 6) is 0.211. The van der Waals surface area contributed by atoms with Gasteiger partial charge in [0, 0.05) is 5.92 Å². The van der Waals surface area contributed by atoms with Crippen LogP contribution in [0.3, 0.4) is 0 Å². The molecule has 0 unspecified atom stereocenters. The fourth-order valence-electron chi connectivity index (χ4n) is 2.75. The summed E-state index contributed by atoms with van der Waals surface area (Å²) in [5.41, 5.74) is 0. The molecule has 82 valence electrons. The van der Waals surface area contributed by atoms with Crippen molar-refractivity contribution < 1.29 is 8.42 Å². The van der Waals surface area contributed by atoms with E-state index in [2.05, 4.69) is 12.1 Å². The highest BCUT2D eigenvalue weighted by atomic mass is 32.2. The Morgan fingerprint density at radius 1 is 1.47 bits per heavy atom. The van der Waals surface area contributed by atoms with Crippen molar-refractivity contribution in [2.75, 3.05) is 0 Å². The molecule has 0 radical (unpaired) electrons. The molecule has 0 aromatic rings. The predicted octanol–water partition coefficient (Wildman–Crippen LogP) is 1.67. The van der Waals surface area contributed by atoms with Crippen molar-refractivity contribution in [3.8, 4) is 6.07 Å². The van der Waals surface area contributed by atoms with Crippen molar-refractivity contribution in [1.82, 2.24) is 0 Å². The van der Waals surface area contributed by atoms with Crippen LogP contribution in [0.5, 0.6) is 0 Å². The summed E-state index contributed by atoms with van der Waals surface area (Å²) >= 11 is 0. The monoisotopic (exact) mass is 225 g/mol. The van der Waals surface area contributed by atoms with Crippen molar-refractivity contribution in [2.45, 2.75) is 36.7 Å². The van der Waals surface area contributed by atoms with Crippen LogP contribution >= 0.6 is 0 Å². The largest absolute Gasteiger partial charge is 0.227 e. The van der Waals surface area contributed by atoms with E-state index in [1.165, 1.54) is 0 Å². The second-order valence-electron chi connectivity index (χ2n) is 4.79. The molecule has 0 spiro atoms. The van der Waals surface area contributed by atoms with Gasteiger partial charge in [-0.3, -0.25) is 0 Å². The highest BCUT2D eigenvalue weighted by Gasteiger charge is 2.58. The molecule has 15 heavy (non-hydrogen) atoms. The van der Waals surface area contributed by atoms with E-state index in [0.717, 1.165) is 6.42 Å². The summed E-state index contributed by atoms with van der Waals surface area (Å²) in [7, 11) is -3.33. The van der Waals surface area contributed by atoms with Gasteiger partial charge in [-0.1, -0.05) is 12.2 Å². The van der Waals surface area contributed by atoms with Gasteiger partial charge in [0.2, 0.25) is 0 Å². The molecule has 1 fully saturated rings. The fraction of sp³-hybridized carbons (Fsp3) is 0.727. The second kappa shape index (κ2) is 3.08. The molecule has 4 heteroatoms. The van der Waals surface area contributed by atoms with E-state index in [4.69, 9.17) is 0 Å². The maximum atomic E-state index is 12.2. The minimum absolute atomic E-state index is 0.0834. The van der Waals surface area contributed by atoms with Gasteiger partial charge in [-0.25, -0.2) is 8.42 Å².